The number of likely N-dealkylation sites (N-methyl/N-ethyl adjacent to an activating group) is 1. The normalized spacial score (nSPS) is 22.4. The van der Waals surface area contributed by atoms with Crippen LogP contribution in [0.1, 0.15) is 18.9 Å². The molecule has 1 aliphatic rings. The Morgan fingerprint density at radius 1 is 1.20 bits per heavy atom. The molecule has 0 unspecified atom stereocenters. The van der Waals surface area contributed by atoms with E-state index in [1.807, 2.05) is 26.1 Å². The number of esters is 1. The fourth-order valence-electron chi connectivity index (χ4n) is 2.83. The maximum atomic E-state index is 11.8. The average Bonchev–Trinajstić information content (AvgIpc) is 2.78. The second kappa shape index (κ2) is 5.25. The van der Waals surface area contributed by atoms with E-state index in [0.717, 1.165) is 13.0 Å². The van der Waals surface area contributed by atoms with Gasteiger partial charge in [0.1, 0.15) is 12.1 Å². The molecular weight excluding hydrogens is 250 g/mol. The summed E-state index contributed by atoms with van der Waals surface area (Å²) in [5, 5.41) is 2.48. The van der Waals surface area contributed by atoms with Gasteiger partial charge in [-0.3, -0.25) is 9.69 Å². The second-order valence-electron chi connectivity index (χ2n) is 5.60. The van der Waals surface area contributed by atoms with Crippen molar-refractivity contribution < 1.29 is 9.53 Å². The molecule has 0 bridgehead atoms. The fraction of sp³-hybridized carbons (Fsp3) is 0.353. The Morgan fingerprint density at radius 2 is 1.95 bits per heavy atom. The van der Waals surface area contributed by atoms with Crippen LogP contribution in [-0.4, -0.2) is 30.1 Å². The summed E-state index contributed by atoms with van der Waals surface area (Å²) in [5.74, 6) is -0.0965. The first-order chi connectivity index (χ1) is 9.63. The maximum Gasteiger partial charge on any atom is 0.323 e. The Labute approximate surface area is 119 Å². The zero-order valence-electron chi connectivity index (χ0n) is 11.9. The van der Waals surface area contributed by atoms with Crippen molar-refractivity contribution in [1.29, 1.82) is 0 Å². The van der Waals surface area contributed by atoms with Crippen LogP contribution in [0.4, 0.5) is 0 Å². The molecule has 3 nitrogen and oxygen atoms in total. The Kier molecular flexibility index (Phi) is 3.45. The fourth-order valence-corrected chi connectivity index (χ4v) is 2.83. The van der Waals surface area contributed by atoms with Crippen LogP contribution in [-0.2, 0) is 16.1 Å². The highest BCUT2D eigenvalue weighted by Gasteiger charge is 2.34. The largest absolute Gasteiger partial charge is 0.461 e. The molecule has 3 rings (SSSR count). The Bertz CT molecular complexity index is 638. The van der Waals surface area contributed by atoms with E-state index in [2.05, 4.69) is 35.2 Å². The lowest BCUT2D eigenvalue weighted by atomic mass is 10.1. The molecule has 2 aromatic carbocycles. The predicted octanol–water partition coefficient (Wildman–Crippen LogP) is 2.98. The standard InChI is InChI=1S/C17H19NO2/c1-12-9-16(17(19)20-12)18(2)11-13-7-8-14-5-3-4-6-15(14)10-13/h3-8,10,12,16H,9,11H2,1-2H3/t12-,16-/m1/s1. The lowest BCUT2D eigenvalue weighted by Gasteiger charge is -2.21. The topological polar surface area (TPSA) is 29.5 Å². The highest BCUT2D eigenvalue weighted by molar-refractivity contribution is 5.83. The SMILES string of the molecule is C[C@@H]1C[C@@H](N(C)Cc2ccc3ccccc3c2)C(=O)O1. The summed E-state index contributed by atoms with van der Waals surface area (Å²) in [6, 6.07) is 14.7. The van der Waals surface area contributed by atoms with Crippen LogP contribution in [0.15, 0.2) is 42.5 Å². The molecular formula is C17H19NO2. The molecule has 1 aliphatic heterocycles. The summed E-state index contributed by atoms with van der Waals surface area (Å²) in [7, 11) is 1.99. The van der Waals surface area contributed by atoms with Gasteiger partial charge in [0, 0.05) is 13.0 Å². The van der Waals surface area contributed by atoms with Gasteiger partial charge in [0.25, 0.3) is 0 Å². The molecule has 0 amide bonds. The number of nitrogens with zero attached hydrogens (tertiary/aromatic N) is 1. The molecule has 104 valence electrons. The maximum absolute atomic E-state index is 11.8. The van der Waals surface area contributed by atoms with Crippen molar-refractivity contribution in [2.24, 2.45) is 0 Å². The summed E-state index contributed by atoms with van der Waals surface area (Å²) >= 11 is 0. The number of hydrogen-bond acceptors (Lipinski definition) is 3. The molecule has 0 N–H and O–H groups in total. The summed E-state index contributed by atoms with van der Waals surface area (Å²) in [4.78, 5) is 13.8. The Balaban J connectivity index is 1.77. The zero-order chi connectivity index (χ0) is 14.1. The van der Waals surface area contributed by atoms with Crippen LogP contribution in [0.25, 0.3) is 10.8 Å². The lowest BCUT2D eigenvalue weighted by molar-refractivity contribution is -0.144. The number of benzene rings is 2. The molecule has 0 aromatic heterocycles. The second-order valence-corrected chi connectivity index (χ2v) is 5.60. The van der Waals surface area contributed by atoms with Gasteiger partial charge in [-0.05, 0) is 36.4 Å². The van der Waals surface area contributed by atoms with Gasteiger partial charge in [0.15, 0.2) is 0 Å². The minimum atomic E-state index is -0.114. The monoisotopic (exact) mass is 269 g/mol. The number of ether oxygens (including phenoxy) is 1. The van der Waals surface area contributed by atoms with Gasteiger partial charge in [-0.25, -0.2) is 0 Å². The summed E-state index contributed by atoms with van der Waals surface area (Å²) < 4.78 is 5.22. The Hall–Kier alpha value is -1.87. The van der Waals surface area contributed by atoms with E-state index in [1.165, 1.54) is 16.3 Å². The third-order valence-corrected chi connectivity index (χ3v) is 3.92. The number of hydrogen-bond donors (Lipinski definition) is 0. The molecule has 0 spiro atoms. The quantitative estimate of drug-likeness (QED) is 0.802. The number of rotatable bonds is 3. The van der Waals surface area contributed by atoms with Crippen LogP contribution >= 0.6 is 0 Å². The molecule has 2 atom stereocenters. The molecule has 0 radical (unpaired) electrons. The first-order valence-corrected chi connectivity index (χ1v) is 7.02. The molecule has 0 aliphatic carbocycles. The smallest absolute Gasteiger partial charge is 0.323 e. The third kappa shape index (κ3) is 2.54. The van der Waals surface area contributed by atoms with Crippen molar-refractivity contribution >= 4 is 16.7 Å². The van der Waals surface area contributed by atoms with Crippen molar-refractivity contribution in [3.63, 3.8) is 0 Å². The predicted molar refractivity (Wildman–Crippen MR) is 79.4 cm³/mol. The van der Waals surface area contributed by atoms with Gasteiger partial charge < -0.3 is 4.74 Å². The highest BCUT2D eigenvalue weighted by atomic mass is 16.6. The van der Waals surface area contributed by atoms with E-state index in [9.17, 15) is 4.79 Å². The third-order valence-electron chi connectivity index (χ3n) is 3.92. The molecule has 1 saturated heterocycles. The minimum Gasteiger partial charge on any atom is -0.461 e. The summed E-state index contributed by atoms with van der Waals surface area (Å²) in [5.41, 5.74) is 1.22. The number of carbonyl (C=O) groups is 1. The van der Waals surface area contributed by atoms with Gasteiger partial charge in [0.05, 0.1) is 0 Å². The van der Waals surface area contributed by atoms with Gasteiger partial charge in [0.2, 0.25) is 0 Å². The van der Waals surface area contributed by atoms with E-state index in [0.29, 0.717) is 0 Å². The first kappa shape index (κ1) is 13.1. The molecule has 20 heavy (non-hydrogen) atoms. The minimum absolute atomic E-state index is 0.0338. The van der Waals surface area contributed by atoms with E-state index in [-0.39, 0.29) is 18.1 Å². The van der Waals surface area contributed by atoms with Crippen molar-refractivity contribution in [3.05, 3.63) is 48.0 Å². The zero-order valence-corrected chi connectivity index (χ0v) is 11.9. The molecule has 1 fully saturated rings. The van der Waals surface area contributed by atoms with Crippen LogP contribution in [0.2, 0.25) is 0 Å². The van der Waals surface area contributed by atoms with E-state index >= 15 is 0 Å². The lowest BCUT2D eigenvalue weighted by Crippen LogP contribution is -2.34. The average molecular weight is 269 g/mol. The number of carbonyl (C=O) groups excluding carboxylic acids is 1. The summed E-state index contributed by atoms with van der Waals surface area (Å²) in [6.45, 7) is 2.71. The molecule has 0 saturated carbocycles. The Morgan fingerprint density at radius 3 is 2.65 bits per heavy atom. The van der Waals surface area contributed by atoms with E-state index in [4.69, 9.17) is 4.74 Å². The molecule has 3 heteroatoms. The van der Waals surface area contributed by atoms with Gasteiger partial charge >= 0.3 is 5.97 Å². The summed E-state index contributed by atoms with van der Waals surface area (Å²) in [6.07, 6.45) is 0.815. The van der Waals surface area contributed by atoms with Crippen molar-refractivity contribution in [3.8, 4) is 0 Å². The van der Waals surface area contributed by atoms with Crippen molar-refractivity contribution in [1.82, 2.24) is 4.90 Å². The first-order valence-electron chi connectivity index (χ1n) is 7.02. The number of fused-ring (bicyclic) bond motifs is 1. The van der Waals surface area contributed by atoms with Gasteiger partial charge in [-0.15, -0.1) is 0 Å². The van der Waals surface area contributed by atoms with Crippen LogP contribution < -0.4 is 0 Å². The number of cyclic esters (lactones) is 1. The molecule has 1 heterocycles. The highest BCUT2D eigenvalue weighted by Crippen LogP contribution is 2.22. The van der Waals surface area contributed by atoms with E-state index in [1.54, 1.807) is 0 Å². The van der Waals surface area contributed by atoms with Gasteiger partial charge in [-0.2, -0.15) is 0 Å². The van der Waals surface area contributed by atoms with Crippen LogP contribution in [0.3, 0.4) is 0 Å². The van der Waals surface area contributed by atoms with E-state index < -0.39 is 0 Å². The van der Waals surface area contributed by atoms with Crippen LogP contribution in [0, 0.1) is 0 Å². The van der Waals surface area contributed by atoms with Crippen LogP contribution in [0.5, 0.6) is 0 Å². The molecule has 2 aromatic rings. The van der Waals surface area contributed by atoms with Crippen molar-refractivity contribution in [2.45, 2.75) is 32.0 Å². The van der Waals surface area contributed by atoms with Crippen molar-refractivity contribution in [2.75, 3.05) is 7.05 Å². The van der Waals surface area contributed by atoms with Gasteiger partial charge in [-0.1, -0.05) is 36.4 Å².